The van der Waals surface area contributed by atoms with Gasteiger partial charge < -0.3 is 15.4 Å². The highest BCUT2D eigenvalue weighted by molar-refractivity contribution is 5.94. The highest BCUT2D eigenvalue weighted by Gasteiger charge is 2.21. The van der Waals surface area contributed by atoms with Gasteiger partial charge in [-0.3, -0.25) is 4.79 Å². The lowest BCUT2D eigenvalue weighted by Crippen LogP contribution is -2.27. The zero-order valence-corrected chi connectivity index (χ0v) is 14.0. The van der Waals surface area contributed by atoms with Crippen LogP contribution in [0.4, 0.5) is 11.5 Å². The molecule has 1 fully saturated rings. The van der Waals surface area contributed by atoms with Crippen LogP contribution in [0.2, 0.25) is 0 Å². The minimum absolute atomic E-state index is 0.00313. The molecule has 2 heterocycles. The van der Waals surface area contributed by atoms with E-state index in [-0.39, 0.29) is 5.91 Å². The van der Waals surface area contributed by atoms with Gasteiger partial charge >= 0.3 is 0 Å². The van der Waals surface area contributed by atoms with Crippen molar-refractivity contribution in [3.63, 3.8) is 0 Å². The van der Waals surface area contributed by atoms with Crippen LogP contribution in [0.25, 0.3) is 0 Å². The van der Waals surface area contributed by atoms with E-state index in [1.165, 1.54) is 0 Å². The van der Waals surface area contributed by atoms with Gasteiger partial charge in [0, 0.05) is 25.2 Å². The Morgan fingerprint density at radius 2 is 2.05 bits per heavy atom. The summed E-state index contributed by atoms with van der Waals surface area (Å²) in [5.41, 5.74) is 1.38. The van der Waals surface area contributed by atoms with Crippen molar-refractivity contribution in [2.75, 3.05) is 30.4 Å². The van der Waals surface area contributed by atoms with Gasteiger partial charge in [0.05, 0.1) is 11.9 Å². The molecule has 1 aliphatic rings. The molecule has 1 aromatic rings. The van der Waals surface area contributed by atoms with Crippen molar-refractivity contribution in [3.8, 4) is 0 Å². The number of aryl methyl sites for hydroxylation is 1. The van der Waals surface area contributed by atoms with Crippen LogP contribution in [0.1, 0.15) is 39.2 Å². The molecule has 22 heavy (non-hydrogen) atoms. The lowest BCUT2D eigenvalue weighted by molar-refractivity contribution is -0.123. The predicted molar refractivity (Wildman–Crippen MR) is 89.1 cm³/mol. The molecule has 2 rings (SSSR count). The summed E-state index contributed by atoms with van der Waals surface area (Å²) in [6.07, 6.45) is 3.92. The van der Waals surface area contributed by atoms with E-state index in [0.717, 1.165) is 49.7 Å². The Kier molecular flexibility index (Phi) is 5.40. The van der Waals surface area contributed by atoms with Gasteiger partial charge in [-0.2, -0.15) is 0 Å². The number of rotatable bonds is 4. The molecular weight excluding hydrogens is 278 g/mol. The molecule has 0 bridgehead atoms. The van der Waals surface area contributed by atoms with Crippen LogP contribution < -0.4 is 10.6 Å². The number of ether oxygens (including phenoxy) is 1. The standard InChI is InChI=1S/C17H27N3O2/c1-12-9-14(20-16(21)17(2,3)4)11-19-15(12)18-10-13-5-7-22-8-6-13/h9,11,13H,5-8,10H2,1-4H3,(H,18,19)(H,20,21). The van der Waals surface area contributed by atoms with Crippen LogP contribution in [-0.2, 0) is 9.53 Å². The summed E-state index contributed by atoms with van der Waals surface area (Å²) in [6, 6.07) is 1.96. The van der Waals surface area contributed by atoms with Crippen LogP contribution in [0.15, 0.2) is 12.3 Å². The third kappa shape index (κ3) is 4.70. The van der Waals surface area contributed by atoms with E-state index in [1.807, 2.05) is 33.8 Å². The second-order valence-corrected chi connectivity index (χ2v) is 7.03. The predicted octanol–water partition coefficient (Wildman–Crippen LogP) is 3.21. The normalized spacial score (nSPS) is 16.4. The van der Waals surface area contributed by atoms with Crippen LogP contribution in [0.3, 0.4) is 0 Å². The fourth-order valence-electron chi connectivity index (χ4n) is 2.34. The molecule has 2 N–H and O–H groups in total. The third-order valence-corrected chi connectivity index (χ3v) is 3.92. The Balaban J connectivity index is 1.93. The fraction of sp³-hybridized carbons (Fsp3) is 0.647. The molecule has 0 aromatic carbocycles. The van der Waals surface area contributed by atoms with Gasteiger partial charge in [-0.05, 0) is 37.3 Å². The summed E-state index contributed by atoms with van der Waals surface area (Å²) in [5.74, 6) is 1.53. The Morgan fingerprint density at radius 1 is 1.36 bits per heavy atom. The molecule has 1 amide bonds. The summed E-state index contributed by atoms with van der Waals surface area (Å²) < 4.78 is 5.37. The molecule has 0 aliphatic carbocycles. The number of hydrogen-bond donors (Lipinski definition) is 2. The van der Waals surface area contributed by atoms with E-state index in [2.05, 4.69) is 15.6 Å². The lowest BCUT2D eigenvalue weighted by atomic mass is 9.95. The van der Waals surface area contributed by atoms with Crippen molar-refractivity contribution in [1.82, 2.24) is 4.98 Å². The maximum Gasteiger partial charge on any atom is 0.229 e. The fourth-order valence-corrected chi connectivity index (χ4v) is 2.34. The van der Waals surface area contributed by atoms with Crippen molar-refractivity contribution in [3.05, 3.63) is 17.8 Å². The molecular formula is C17H27N3O2. The number of aromatic nitrogens is 1. The molecule has 1 aliphatic heterocycles. The van der Waals surface area contributed by atoms with Crippen LogP contribution in [0, 0.1) is 18.3 Å². The summed E-state index contributed by atoms with van der Waals surface area (Å²) in [6.45, 7) is 10.3. The van der Waals surface area contributed by atoms with E-state index in [1.54, 1.807) is 6.20 Å². The SMILES string of the molecule is Cc1cc(NC(=O)C(C)(C)C)cnc1NCC1CCOCC1. The van der Waals surface area contributed by atoms with E-state index in [4.69, 9.17) is 4.74 Å². The smallest absolute Gasteiger partial charge is 0.229 e. The van der Waals surface area contributed by atoms with Crippen LogP contribution in [0.5, 0.6) is 0 Å². The Labute approximate surface area is 132 Å². The largest absolute Gasteiger partial charge is 0.381 e. The Bertz CT molecular complexity index is 517. The average molecular weight is 305 g/mol. The molecule has 0 radical (unpaired) electrons. The van der Waals surface area contributed by atoms with E-state index in [9.17, 15) is 4.79 Å². The molecule has 5 heteroatoms. The number of hydrogen-bond acceptors (Lipinski definition) is 4. The van der Waals surface area contributed by atoms with E-state index >= 15 is 0 Å². The van der Waals surface area contributed by atoms with Crippen molar-refractivity contribution >= 4 is 17.4 Å². The van der Waals surface area contributed by atoms with Crippen molar-refractivity contribution in [2.45, 2.75) is 40.5 Å². The van der Waals surface area contributed by atoms with Crippen molar-refractivity contribution in [1.29, 1.82) is 0 Å². The third-order valence-electron chi connectivity index (χ3n) is 3.92. The number of nitrogens with zero attached hydrogens (tertiary/aromatic N) is 1. The average Bonchev–Trinajstić information content (AvgIpc) is 2.46. The van der Waals surface area contributed by atoms with Crippen LogP contribution >= 0.6 is 0 Å². The molecule has 1 saturated heterocycles. The molecule has 0 atom stereocenters. The van der Waals surface area contributed by atoms with Crippen molar-refractivity contribution < 1.29 is 9.53 Å². The monoisotopic (exact) mass is 305 g/mol. The van der Waals surface area contributed by atoms with Crippen molar-refractivity contribution in [2.24, 2.45) is 11.3 Å². The van der Waals surface area contributed by atoms with Gasteiger partial charge in [-0.25, -0.2) is 4.98 Å². The topological polar surface area (TPSA) is 63.2 Å². The molecule has 0 spiro atoms. The highest BCUT2D eigenvalue weighted by Crippen LogP contribution is 2.21. The van der Waals surface area contributed by atoms with Gasteiger partial charge in [-0.15, -0.1) is 0 Å². The molecule has 1 aromatic heterocycles. The number of amides is 1. The summed E-state index contributed by atoms with van der Waals surface area (Å²) in [4.78, 5) is 16.4. The van der Waals surface area contributed by atoms with E-state index in [0.29, 0.717) is 5.92 Å². The minimum atomic E-state index is -0.409. The second kappa shape index (κ2) is 7.09. The second-order valence-electron chi connectivity index (χ2n) is 7.03. The summed E-state index contributed by atoms with van der Waals surface area (Å²) in [5, 5.41) is 6.32. The molecule has 0 saturated carbocycles. The quantitative estimate of drug-likeness (QED) is 0.896. The summed E-state index contributed by atoms with van der Waals surface area (Å²) in [7, 11) is 0. The zero-order valence-electron chi connectivity index (χ0n) is 14.0. The Morgan fingerprint density at radius 3 is 2.64 bits per heavy atom. The first kappa shape index (κ1) is 16.7. The van der Waals surface area contributed by atoms with Crippen LogP contribution in [-0.4, -0.2) is 30.6 Å². The first-order valence-electron chi connectivity index (χ1n) is 7.96. The minimum Gasteiger partial charge on any atom is -0.381 e. The lowest BCUT2D eigenvalue weighted by Gasteiger charge is -2.23. The number of pyridine rings is 1. The number of carbonyl (C=O) groups excluding carboxylic acids is 1. The maximum absolute atomic E-state index is 12.0. The van der Waals surface area contributed by atoms with E-state index < -0.39 is 5.41 Å². The first-order chi connectivity index (χ1) is 10.4. The maximum atomic E-state index is 12.0. The number of anilines is 2. The summed E-state index contributed by atoms with van der Waals surface area (Å²) >= 11 is 0. The number of nitrogens with one attached hydrogen (secondary N) is 2. The van der Waals surface area contributed by atoms with Gasteiger partial charge in [-0.1, -0.05) is 20.8 Å². The zero-order chi connectivity index (χ0) is 16.2. The highest BCUT2D eigenvalue weighted by atomic mass is 16.5. The van der Waals surface area contributed by atoms with Gasteiger partial charge in [0.1, 0.15) is 5.82 Å². The molecule has 122 valence electrons. The van der Waals surface area contributed by atoms with Gasteiger partial charge in [0.2, 0.25) is 5.91 Å². The van der Waals surface area contributed by atoms with Gasteiger partial charge in [0.15, 0.2) is 0 Å². The molecule has 5 nitrogen and oxygen atoms in total. The first-order valence-corrected chi connectivity index (χ1v) is 7.96. The Hall–Kier alpha value is -1.62. The molecule has 0 unspecified atom stereocenters. The van der Waals surface area contributed by atoms with Gasteiger partial charge in [0.25, 0.3) is 0 Å². The number of carbonyl (C=O) groups is 1.